The highest BCUT2D eigenvalue weighted by Crippen LogP contribution is 2.20. The van der Waals surface area contributed by atoms with Crippen LogP contribution in [0.15, 0.2) is 60.9 Å². The van der Waals surface area contributed by atoms with Gasteiger partial charge in [-0.05, 0) is 42.3 Å². The van der Waals surface area contributed by atoms with Crippen LogP contribution in [0.2, 0.25) is 0 Å². The SMILES string of the molecule is Cc1ccccc1CNc1cc(Nc2ccc(N(C)C)cc2)ncn1. The number of nitrogens with one attached hydrogen (secondary N) is 2. The molecule has 2 aromatic carbocycles. The van der Waals surface area contributed by atoms with Gasteiger partial charge in [0.05, 0.1) is 0 Å². The molecule has 0 aliphatic carbocycles. The summed E-state index contributed by atoms with van der Waals surface area (Å²) in [4.78, 5) is 10.7. The van der Waals surface area contributed by atoms with Crippen LogP contribution in [-0.4, -0.2) is 24.1 Å². The van der Waals surface area contributed by atoms with Crippen molar-refractivity contribution in [2.45, 2.75) is 13.5 Å². The third kappa shape index (κ3) is 4.47. The van der Waals surface area contributed by atoms with Crippen molar-refractivity contribution in [2.75, 3.05) is 29.6 Å². The molecule has 0 aliphatic heterocycles. The zero-order chi connectivity index (χ0) is 17.6. The topological polar surface area (TPSA) is 53.1 Å². The monoisotopic (exact) mass is 333 g/mol. The first-order chi connectivity index (χ1) is 12.1. The van der Waals surface area contributed by atoms with Gasteiger partial charge in [-0.2, -0.15) is 0 Å². The molecule has 25 heavy (non-hydrogen) atoms. The smallest absolute Gasteiger partial charge is 0.135 e. The Morgan fingerprint density at radius 1 is 0.920 bits per heavy atom. The fourth-order valence-electron chi connectivity index (χ4n) is 2.51. The quantitative estimate of drug-likeness (QED) is 0.708. The van der Waals surface area contributed by atoms with Crippen molar-refractivity contribution in [3.05, 3.63) is 72.1 Å². The summed E-state index contributed by atoms with van der Waals surface area (Å²) in [6.45, 7) is 2.85. The lowest BCUT2D eigenvalue weighted by Gasteiger charge is -2.13. The average molecular weight is 333 g/mol. The molecule has 0 fully saturated rings. The fraction of sp³-hybridized carbons (Fsp3) is 0.200. The molecular formula is C20H23N5. The molecule has 5 nitrogen and oxygen atoms in total. The first-order valence-corrected chi connectivity index (χ1v) is 8.26. The van der Waals surface area contributed by atoms with Crippen molar-refractivity contribution in [2.24, 2.45) is 0 Å². The van der Waals surface area contributed by atoms with Crippen molar-refractivity contribution < 1.29 is 0 Å². The predicted octanol–water partition coefficient (Wildman–Crippen LogP) is 4.21. The van der Waals surface area contributed by atoms with Crippen molar-refractivity contribution in [3.8, 4) is 0 Å². The highest BCUT2D eigenvalue weighted by atomic mass is 15.1. The highest BCUT2D eigenvalue weighted by molar-refractivity contribution is 5.62. The van der Waals surface area contributed by atoms with E-state index in [1.165, 1.54) is 11.1 Å². The van der Waals surface area contributed by atoms with E-state index < -0.39 is 0 Å². The molecule has 0 unspecified atom stereocenters. The predicted molar refractivity (Wildman–Crippen MR) is 105 cm³/mol. The van der Waals surface area contributed by atoms with Crippen LogP contribution in [0.25, 0.3) is 0 Å². The maximum atomic E-state index is 4.29. The van der Waals surface area contributed by atoms with E-state index in [0.717, 1.165) is 29.6 Å². The minimum atomic E-state index is 0.737. The van der Waals surface area contributed by atoms with Gasteiger partial charge in [0.2, 0.25) is 0 Å². The molecule has 0 amide bonds. The Kier molecular flexibility index (Phi) is 5.14. The molecule has 0 saturated heterocycles. The molecule has 0 aliphatic rings. The fourth-order valence-corrected chi connectivity index (χ4v) is 2.51. The molecule has 0 saturated carbocycles. The first-order valence-electron chi connectivity index (χ1n) is 8.26. The molecule has 1 aromatic heterocycles. The van der Waals surface area contributed by atoms with Gasteiger partial charge in [0.15, 0.2) is 0 Å². The zero-order valence-corrected chi connectivity index (χ0v) is 14.8. The summed E-state index contributed by atoms with van der Waals surface area (Å²) in [5, 5.41) is 6.66. The molecule has 3 rings (SSSR count). The second-order valence-corrected chi connectivity index (χ2v) is 6.13. The Hall–Kier alpha value is -3.08. The minimum absolute atomic E-state index is 0.737. The Balaban J connectivity index is 1.66. The summed E-state index contributed by atoms with van der Waals surface area (Å²) < 4.78 is 0. The molecule has 3 aromatic rings. The van der Waals surface area contributed by atoms with Gasteiger partial charge < -0.3 is 15.5 Å². The van der Waals surface area contributed by atoms with Crippen LogP contribution in [0.5, 0.6) is 0 Å². The third-order valence-electron chi connectivity index (χ3n) is 4.04. The number of rotatable bonds is 6. The Morgan fingerprint density at radius 3 is 2.36 bits per heavy atom. The number of aryl methyl sites for hydroxylation is 1. The van der Waals surface area contributed by atoms with Gasteiger partial charge in [-0.3, -0.25) is 0 Å². The normalized spacial score (nSPS) is 10.4. The van der Waals surface area contributed by atoms with Crippen LogP contribution in [0.4, 0.5) is 23.0 Å². The highest BCUT2D eigenvalue weighted by Gasteiger charge is 2.02. The van der Waals surface area contributed by atoms with E-state index >= 15 is 0 Å². The van der Waals surface area contributed by atoms with E-state index in [4.69, 9.17) is 0 Å². The number of hydrogen-bond acceptors (Lipinski definition) is 5. The summed E-state index contributed by atoms with van der Waals surface area (Å²) in [6.07, 6.45) is 1.57. The van der Waals surface area contributed by atoms with Crippen molar-refractivity contribution >= 4 is 23.0 Å². The van der Waals surface area contributed by atoms with Gasteiger partial charge in [0, 0.05) is 38.1 Å². The molecule has 5 heteroatoms. The lowest BCUT2D eigenvalue weighted by Crippen LogP contribution is -2.08. The van der Waals surface area contributed by atoms with E-state index in [2.05, 4.69) is 56.7 Å². The van der Waals surface area contributed by atoms with Crippen LogP contribution in [0.3, 0.4) is 0 Å². The van der Waals surface area contributed by atoms with Crippen LogP contribution in [0, 0.1) is 6.92 Å². The Labute approximate surface area is 148 Å². The van der Waals surface area contributed by atoms with E-state index in [0.29, 0.717) is 0 Å². The van der Waals surface area contributed by atoms with Crippen LogP contribution >= 0.6 is 0 Å². The van der Waals surface area contributed by atoms with Gasteiger partial charge in [-0.15, -0.1) is 0 Å². The number of hydrogen-bond donors (Lipinski definition) is 2. The maximum Gasteiger partial charge on any atom is 0.135 e. The first kappa shape index (κ1) is 16.8. The standard InChI is InChI=1S/C20H23N5/c1-15-6-4-5-7-16(15)13-21-19-12-20(23-14-22-19)24-17-8-10-18(11-9-17)25(2)3/h4-12,14H,13H2,1-3H3,(H2,21,22,23,24). The summed E-state index contributed by atoms with van der Waals surface area (Å²) in [5.41, 5.74) is 4.68. The number of nitrogens with zero attached hydrogens (tertiary/aromatic N) is 3. The second-order valence-electron chi connectivity index (χ2n) is 6.13. The van der Waals surface area contributed by atoms with E-state index in [-0.39, 0.29) is 0 Å². The van der Waals surface area contributed by atoms with Gasteiger partial charge in [-0.25, -0.2) is 9.97 Å². The molecular weight excluding hydrogens is 310 g/mol. The largest absolute Gasteiger partial charge is 0.378 e. The van der Waals surface area contributed by atoms with Gasteiger partial charge in [-0.1, -0.05) is 24.3 Å². The van der Waals surface area contributed by atoms with Gasteiger partial charge in [0.25, 0.3) is 0 Å². The number of aromatic nitrogens is 2. The lowest BCUT2D eigenvalue weighted by molar-refractivity contribution is 1.07. The van der Waals surface area contributed by atoms with Crippen LogP contribution < -0.4 is 15.5 Å². The van der Waals surface area contributed by atoms with E-state index in [9.17, 15) is 0 Å². The van der Waals surface area contributed by atoms with Crippen LogP contribution in [-0.2, 0) is 6.54 Å². The molecule has 128 valence electrons. The lowest BCUT2D eigenvalue weighted by atomic mass is 10.1. The molecule has 0 atom stereocenters. The average Bonchev–Trinajstić information content (AvgIpc) is 2.62. The summed E-state index contributed by atoms with van der Waals surface area (Å²) >= 11 is 0. The van der Waals surface area contributed by atoms with E-state index in [1.807, 2.05) is 44.4 Å². The number of benzene rings is 2. The number of anilines is 4. The summed E-state index contributed by atoms with van der Waals surface area (Å²) in [6, 6.07) is 18.5. The van der Waals surface area contributed by atoms with Gasteiger partial charge >= 0.3 is 0 Å². The molecule has 2 N–H and O–H groups in total. The summed E-state index contributed by atoms with van der Waals surface area (Å²) in [7, 11) is 4.05. The van der Waals surface area contributed by atoms with Crippen LogP contribution in [0.1, 0.15) is 11.1 Å². The molecule has 0 spiro atoms. The Bertz CT molecular complexity index is 827. The maximum absolute atomic E-state index is 4.29. The van der Waals surface area contributed by atoms with Crippen molar-refractivity contribution in [1.82, 2.24) is 9.97 Å². The molecule has 1 heterocycles. The second kappa shape index (κ2) is 7.66. The molecule has 0 bridgehead atoms. The Morgan fingerprint density at radius 2 is 1.64 bits per heavy atom. The minimum Gasteiger partial charge on any atom is -0.378 e. The van der Waals surface area contributed by atoms with E-state index in [1.54, 1.807) is 6.33 Å². The zero-order valence-electron chi connectivity index (χ0n) is 14.8. The third-order valence-corrected chi connectivity index (χ3v) is 4.04. The summed E-state index contributed by atoms with van der Waals surface area (Å²) in [5.74, 6) is 1.56. The van der Waals surface area contributed by atoms with Crippen molar-refractivity contribution in [1.29, 1.82) is 0 Å². The van der Waals surface area contributed by atoms with Gasteiger partial charge in [0.1, 0.15) is 18.0 Å². The van der Waals surface area contributed by atoms with Crippen molar-refractivity contribution in [3.63, 3.8) is 0 Å². The molecule has 0 radical (unpaired) electrons.